The van der Waals surface area contributed by atoms with E-state index in [-0.39, 0.29) is 11.9 Å². The van der Waals surface area contributed by atoms with Gasteiger partial charge < -0.3 is 10.1 Å². The van der Waals surface area contributed by atoms with E-state index in [4.69, 9.17) is 4.74 Å². The minimum atomic E-state index is -0.419. The number of amides is 1. The number of hydrogen-bond donors (Lipinski definition) is 1. The van der Waals surface area contributed by atoms with Gasteiger partial charge in [0.25, 0.3) is 0 Å². The molecule has 0 aliphatic heterocycles. The van der Waals surface area contributed by atoms with E-state index in [0.717, 1.165) is 35.4 Å². The molecule has 0 bridgehead atoms. The van der Waals surface area contributed by atoms with Gasteiger partial charge in [-0.2, -0.15) is 0 Å². The van der Waals surface area contributed by atoms with Crippen LogP contribution in [0.15, 0.2) is 67.0 Å². The van der Waals surface area contributed by atoms with Crippen molar-refractivity contribution in [2.75, 3.05) is 7.11 Å². The van der Waals surface area contributed by atoms with Crippen LogP contribution in [0.5, 0.6) is 5.75 Å². The van der Waals surface area contributed by atoms with Gasteiger partial charge in [0.2, 0.25) is 5.91 Å². The van der Waals surface area contributed by atoms with Crippen LogP contribution in [0.2, 0.25) is 0 Å². The zero-order chi connectivity index (χ0) is 21.4. The second-order valence-electron chi connectivity index (χ2n) is 7.92. The number of benzene rings is 2. The summed E-state index contributed by atoms with van der Waals surface area (Å²) in [4.78, 5) is 22.1. The second kappa shape index (κ2) is 7.50. The van der Waals surface area contributed by atoms with Crippen LogP contribution < -0.4 is 10.1 Å². The van der Waals surface area contributed by atoms with E-state index < -0.39 is 5.41 Å². The van der Waals surface area contributed by atoms with Crippen LogP contribution >= 0.6 is 0 Å². The maximum atomic E-state index is 13.0. The first-order valence-electron chi connectivity index (χ1n) is 10.3. The number of aromatic nitrogens is 4. The molecule has 1 atom stereocenters. The molecular weight excluding hydrogens is 390 g/mol. The molecule has 1 saturated carbocycles. The number of nitrogens with zero attached hydrogens (tertiary/aromatic N) is 4. The van der Waals surface area contributed by atoms with Crippen molar-refractivity contribution in [1.82, 2.24) is 24.9 Å². The Balaban J connectivity index is 1.36. The Morgan fingerprint density at radius 1 is 1.13 bits per heavy atom. The van der Waals surface area contributed by atoms with Crippen LogP contribution in [0.1, 0.15) is 37.2 Å². The first-order chi connectivity index (χ1) is 15.1. The fourth-order valence-corrected chi connectivity index (χ4v) is 3.84. The van der Waals surface area contributed by atoms with Crippen molar-refractivity contribution in [1.29, 1.82) is 0 Å². The number of carbonyl (C=O) groups is 1. The van der Waals surface area contributed by atoms with Gasteiger partial charge in [-0.05, 0) is 49.6 Å². The van der Waals surface area contributed by atoms with Crippen LogP contribution in [0.4, 0.5) is 0 Å². The molecule has 5 rings (SSSR count). The summed E-state index contributed by atoms with van der Waals surface area (Å²) in [5.41, 5.74) is 3.09. The minimum Gasteiger partial charge on any atom is -0.497 e. The molecule has 1 N–H and O–H groups in total. The van der Waals surface area contributed by atoms with Crippen molar-refractivity contribution in [3.05, 3.63) is 78.4 Å². The summed E-state index contributed by atoms with van der Waals surface area (Å²) in [5, 5.41) is 7.62. The molecule has 0 radical (unpaired) electrons. The predicted molar refractivity (Wildman–Crippen MR) is 117 cm³/mol. The van der Waals surface area contributed by atoms with Crippen molar-refractivity contribution in [3.8, 4) is 17.0 Å². The number of fused-ring (bicyclic) bond motifs is 1. The molecular formula is C24H23N5O2. The Morgan fingerprint density at radius 3 is 2.55 bits per heavy atom. The van der Waals surface area contributed by atoms with Gasteiger partial charge in [-0.25, -0.2) is 14.5 Å². The van der Waals surface area contributed by atoms with Gasteiger partial charge in [-0.3, -0.25) is 4.79 Å². The fourth-order valence-electron chi connectivity index (χ4n) is 3.84. The summed E-state index contributed by atoms with van der Waals surface area (Å²) >= 11 is 0. The minimum absolute atomic E-state index is 0.0297. The number of carbonyl (C=O) groups excluding carboxylic acids is 1. The van der Waals surface area contributed by atoms with Crippen molar-refractivity contribution in [2.24, 2.45) is 0 Å². The fraction of sp³-hybridized carbons (Fsp3) is 0.250. The quantitative estimate of drug-likeness (QED) is 0.521. The number of rotatable bonds is 6. The molecule has 156 valence electrons. The van der Waals surface area contributed by atoms with E-state index in [1.165, 1.54) is 0 Å². The van der Waals surface area contributed by atoms with E-state index in [2.05, 4.69) is 20.4 Å². The van der Waals surface area contributed by atoms with Crippen LogP contribution in [-0.2, 0) is 10.2 Å². The Hall–Kier alpha value is -3.74. The highest BCUT2D eigenvalue weighted by Crippen LogP contribution is 2.48. The normalized spacial score (nSPS) is 15.4. The van der Waals surface area contributed by atoms with E-state index in [1.54, 1.807) is 18.0 Å². The van der Waals surface area contributed by atoms with E-state index in [0.29, 0.717) is 11.5 Å². The SMILES string of the molecule is COc1ccc(-c2cc3nc([C@@H](C)NC(=O)C4(c5ccccc5)CC4)nn3cn2)cc1. The number of nitrogens with one attached hydrogen (secondary N) is 1. The molecule has 0 saturated heterocycles. The van der Waals surface area contributed by atoms with Gasteiger partial charge in [-0.1, -0.05) is 30.3 Å². The lowest BCUT2D eigenvalue weighted by atomic mass is 9.95. The molecule has 1 aliphatic rings. The highest BCUT2D eigenvalue weighted by Gasteiger charge is 2.51. The molecule has 0 unspecified atom stereocenters. The van der Waals surface area contributed by atoms with Crippen LogP contribution in [0.25, 0.3) is 16.9 Å². The third kappa shape index (κ3) is 3.52. The monoisotopic (exact) mass is 413 g/mol. The number of hydrogen-bond acceptors (Lipinski definition) is 5. The van der Waals surface area contributed by atoms with E-state index >= 15 is 0 Å². The topological polar surface area (TPSA) is 81.4 Å². The molecule has 0 spiro atoms. The largest absolute Gasteiger partial charge is 0.497 e. The van der Waals surface area contributed by atoms with E-state index in [9.17, 15) is 4.79 Å². The van der Waals surface area contributed by atoms with Crippen molar-refractivity contribution < 1.29 is 9.53 Å². The van der Waals surface area contributed by atoms with Crippen LogP contribution in [0.3, 0.4) is 0 Å². The molecule has 2 aromatic carbocycles. The van der Waals surface area contributed by atoms with Gasteiger partial charge in [0, 0.05) is 11.6 Å². The lowest BCUT2D eigenvalue weighted by Gasteiger charge is -2.18. The zero-order valence-electron chi connectivity index (χ0n) is 17.4. The average Bonchev–Trinajstić information content (AvgIpc) is 3.52. The summed E-state index contributed by atoms with van der Waals surface area (Å²) < 4.78 is 6.85. The summed E-state index contributed by atoms with van der Waals surface area (Å²) in [5.74, 6) is 1.39. The van der Waals surface area contributed by atoms with Crippen molar-refractivity contribution >= 4 is 11.6 Å². The highest BCUT2D eigenvalue weighted by atomic mass is 16.5. The summed E-state index contributed by atoms with van der Waals surface area (Å²) in [6, 6.07) is 19.2. The van der Waals surface area contributed by atoms with Gasteiger partial charge in [0.15, 0.2) is 11.5 Å². The molecule has 31 heavy (non-hydrogen) atoms. The number of ether oxygens (including phenoxy) is 1. The Kier molecular flexibility index (Phi) is 4.66. The molecule has 2 aromatic heterocycles. The van der Waals surface area contributed by atoms with Gasteiger partial charge in [0.1, 0.15) is 12.1 Å². The summed E-state index contributed by atoms with van der Waals surface area (Å²) in [6.45, 7) is 1.91. The molecule has 1 aliphatic carbocycles. The lowest BCUT2D eigenvalue weighted by molar-refractivity contribution is -0.124. The first-order valence-corrected chi connectivity index (χ1v) is 10.3. The van der Waals surface area contributed by atoms with Crippen molar-refractivity contribution in [2.45, 2.75) is 31.2 Å². The maximum Gasteiger partial charge on any atom is 0.231 e. The second-order valence-corrected chi connectivity index (χ2v) is 7.92. The molecule has 4 aromatic rings. The number of methoxy groups -OCH3 is 1. The Labute approximate surface area is 180 Å². The molecule has 7 nitrogen and oxygen atoms in total. The van der Waals surface area contributed by atoms with Crippen LogP contribution in [-0.4, -0.2) is 32.6 Å². The van der Waals surface area contributed by atoms with E-state index in [1.807, 2.05) is 67.6 Å². The Bertz CT molecular complexity index is 1230. The van der Waals surface area contributed by atoms with Crippen LogP contribution in [0, 0.1) is 0 Å². The lowest BCUT2D eigenvalue weighted by Crippen LogP contribution is -2.36. The molecule has 2 heterocycles. The first kappa shape index (κ1) is 19.2. The molecule has 1 amide bonds. The average molecular weight is 413 g/mol. The maximum absolute atomic E-state index is 13.0. The van der Waals surface area contributed by atoms with Gasteiger partial charge in [-0.15, -0.1) is 5.10 Å². The summed E-state index contributed by atoms with van der Waals surface area (Å²) in [6.07, 6.45) is 3.37. The summed E-state index contributed by atoms with van der Waals surface area (Å²) in [7, 11) is 1.64. The molecule has 1 fully saturated rings. The van der Waals surface area contributed by atoms with Gasteiger partial charge in [0.05, 0.1) is 24.3 Å². The third-order valence-corrected chi connectivity index (χ3v) is 5.88. The standard InChI is InChI=1S/C24H23N5O2/c1-16(26-23(30)24(12-13-24)18-6-4-3-5-7-18)22-27-21-14-20(25-15-29(21)28-22)17-8-10-19(31-2)11-9-17/h3-11,14-16H,12-13H2,1-2H3,(H,26,30)/t16-/m1/s1. The zero-order valence-corrected chi connectivity index (χ0v) is 17.4. The highest BCUT2D eigenvalue weighted by molar-refractivity contribution is 5.91. The van der Waals surface area contributed by atoms with Crippen molar-refractivity contribution in [3.63, 3.8) is 0 Å². The Morgan fingerprint density at radius 2 is 1.87 bits per heavy atom. The molecule has 7 heteroatoms. The third-order valence-electron chi connectivity index (χ3n) is 5.88. The smallest absolute Gasteiger partial charge is 0.231 e. The van der Waals surface area contributed by atoms with Gasteiger partial charge >= 0.3 is 0 Å². The predicted octanol–water partition coefficient (Wildman–Crippen LogP) is 3.71.